The smallest absolute Gasteiger partial charge is 0.308 e. The van der Waals surface area contributed by atoms with E-state index < -0.39 is 0 Å². The Labute approximate surface area is 108 Å². The highest BCUT2D eigenvalue weighted by Crippen LogP contribution is 2.20. The van der Waals surface area contributed by atoms with Crippen LogP contribution in [0, 0.1) is 0 Å². The number of ether oxygens (including phenoxy) is 1. The van der Waals surface area contributed by atoms with Gasteiger partial charge >= 0.3 is 5.97 Å². The summed E-state index contributed by atoms with van der Waals surface area (Å²) in [7, 11) is 0. The number of esters is 1. The first kappa shape index (κ1) is 15.9. The second-order valence-corrected chi connectivity index (χ2v) is 3.70. The highest BCUT2D eigenvalue weighted by Gasteiger charge is 2.07. The van der Waals surface area contributed by atoms with E-state index in [9.17, 15) is 4.79 Å². The van der Waals surface area contributed by atoms with Crippen LogP contribution in [-0.4, -0.2) is 12.5 Å². The summed E-state index contributed by atoms with van der Waals surface area (Å²) in [5.41, 5.74) is 12.4. The van der Waals surface area contributed by atoms with Crippen molar-refractivity contribution in [3.05, 3.63) is 29.8 Å². The van der Waals surface area contributed by atoms with Crippen LogP contribution < -0.4 is 16.2 Å². The number of halogens is 1. The largest absolute Gasteiger partial charge is 0.427 e. The average molecular weight is 259 g/mol. The third-order valence-corrected chi connectivity index (χ3v) is 2.27. The molecule has 0 spiro atoms. The molecule has 0 amide bonds. The fraction of sp³-hybridized carbons (Fsp3) is 0.417. The van der Waals surface area contributed by atoms with E-state index in [0.717, 1.165) is 18.4 Å². The van der Waals surface area contributed by atoms with Crippen molar-refractivity contribution < 1.29 is 9.53 Å². The SMILES string of the molecule is CC(=O)Oc1cccc([C@H](N)CCCN)c1.Cl. The van der Waals surface area contributed by atoms with E-state index in [0.29, 0.717) is 12.3 Å². The highest BCUT2D eigenvalue weighted by atomic mass is 35.5. The minimum absolute atomic E-state index is 0. The van der Waals surface area contributed by atoms with Crippen molar-refractivity contribution in [1.82, 2.24) is 0 Å². The predicted octanol–water partition coefficient (Wildman–Crippen LogP) is 1.77. The average Bonchev–Trinajstić information content (AvgIpc) is 2.25. The molecular formula is C12H19ClN2O2. The van der Waals surface area contributed by atoms with Crippen molar-refractivity contribution in [3.63, 3.8) is 0 Å². The van der Waals surface area contributed by atoms with Gasteiger partial charge in [-0.2, -0.15) is 0 Å². The van der Waals surface area contributed by atoms with Crippen molar-refractivity contribution in [2.75, 3.05) is 6.54 Å². The van der Waals surface area contributed by atoms with E-state index in [1.54, 1.807) is 12.1 Å². The molecule has 1 atom stereocenters. The first-order valence-electron chi connectivity index (χ1n) is 5.37. The molecule has 1 aromatic carbocycles. The number of rotatable bonds is 5. The molecule has 0 aromatic heterocycles. The molecule has 1 aromatic rings. The molecule has 0 heterocycles. The van der Waals surface area contributed by atoms with Crippen LogP contribution in [0.1, 0.15) is 31.4 Å². The molecule has 1 rings (SSSR count). The standard InChI is InChI=1S/C12H18N2O2.ClH/c1-9(15)16-11-5-2-4-10(8-11)12(14)6-3-7-13;/h2,4-5,8,12H,3,6-7,13-14H2,1H3;1H/t12-;/m1./s1. The predicted molar refractivity (Wildman–Crippen MR) is 70.2 cm³/mol. The van der Waals surface area contributed by atoms with Crippen molar-refractivity contribution in [3.8, 4) is 5.75 Å². The minimum atomic E-state index is -0.326. The molecule has 0 aliphatic rings. The van der Waals surface area contributed by atoms with Gasteiger partial charge in [0.25, 0.3) is 0 Å². The molecule has 4 nitrogen and oxygen atoms in total. The number of hydrogen-bond acceptors (Lipinski definition) is 4. The van der Waals surface area contributed by atoms with E-state index in [1.165, 1.54) is 6.92 Å². The van der Waals surface area contributed by atoms with Crippen LogP contribution in [0.4, 0.5) is 0 Å². The Morgan fingerprint density at radius 1 is 1.47 bits per heavy atom. The molecule has 96 valence electrons. The maximum atomic E-state index is 10.8. The van der Waals surface area contributed by atoms with Gasteiger partial charge in [-0.15, -0.1) is 12.4 Å². The van der Waals surface area contributed by atoms with Gasteiger partial charge in [0.1, 0.15) is 5.75 Å². The van der Waals surface area contributed by atoms with E-state index >= 15 is 0 Å². The summed E-state index contributed by atoms with van der Waals surface area (Å²) in [5, 5.41) is 0. The Hall–Kier alpha value is -1.10. The molecule has 17 heavy (non-hydrogen) atoms. The van der Waals surface area contributed by atoms with Crippen molar-refractivity contribution in [2.45, 2.75) is 25.8 Å². The van der Waals surface area contributed by atoms with E-state index in [1.807, 2.05) is 12.1 Å². The van der Waals surface area contributed by atoms with Gasteiger partial charge in [0.2, 0.25) is 0 Å². The molecule has 4 N–H and O–H groups in total. The lowest BCUT2D eigenvalue weighted by Gasteiger charge is -2.12. The number of benzene rings is 1. The lowest BCUT2D eigenvalue weighted by Crippen LogP contribution is -2.12. The van der Waals surface area contributed by atoms with Gasteiger partial charge < -0.3 is 16.2 Å². The highest BCUT2D eigenvalue weighted by molar-refractivity contribution is 5.85. The summed E-state index contributed by atoms with van der Waals surface area (Å²) in [6, 6.07) is 7.23. The molecule has 0 aliphatic carbocycles. The summed E-state index contributed by atoms with van der Waals surface area (Å²) in [6.07, 6.45) is 1.72. The van der Waals surface area contributed by atoms with Gasteiger partial charge in [-0.25, -0.2) is 0 Å². The molecule has 0 saturated heterocycles. The first-order valence-corrected chi connectivity index (χ1v) is 5.37. The monoisotopic (exact) mass is 258 g/mol. The summed E-state index contributed by atoms with van der Waals surface area (Å²) in [4.78, 5) is 10.8. The van der Waals surface area contributed by atoms with Gasteiger partial charge in [0.05, 0.1) is 0 Å². The summed E-state index contributed by atoms with van der Waals surface area (Å²) in [5.74, 6) is 0.209. The summed E-state index contributed by atoms with van der Waals surface area (Å²) >= 11 is 0. The van der Waals surface area contributed by atoms with Crippen LogP contribution in [0.2, 0.25) is 0 Å². The lowest BCUT2D eigenvalue weighted by molar-refractivity contribution is -0.131. The fourth-order valence-electron chi connectivity index (χ4n) is 1.48. The van der Waals surface area contributed by atoms with E-state index in [4.69, 9.17) is 16.2 Å². The lowest BCUT2D eigenvalue weighted by atomic mass is 10.0. The third-order valence-electron chi connectivity index (χ3n) is 2.27. The summed E-state index contributed by atoms with van der Waals surface area (Å²) < 4.78 is 4.99. The molecule has 0 radical (unpaired) electrons. The third kappa shape index (κ3) is 5.68. The molecule has 0 aliphatic heterocycles. The zero-order valence-corrected chi connectivity index (χ0v) is 10.7. The second-order valence-electron chi connectivity index (χ2n) is 3.70. The van der Waals surface area contributed by atoms with Crippen LogP contribution in [0.5, 0.6) is 5.75 Å². The van der Waals surface area contributed by atoms with Gasteiger partial charge in [0, 0.05) is 13.0 Å². The number of carbonyl (C=O) groups is 1. The second kappa shape index (κ2) is 8.06. The van der Waals surface area contributed by atoms with Crippen LogP contribution in [0.15, 0.2) is 24.3 Å². The molecule has 5 heteroatoms. The number of hydrogen-bond donors (Lipinski definition) is 2. The Morgan fingerprint density at radius 3 is 2.76 bits per heavy atom. The van der Waals surface area contributed by atoms with Crippen molar-refractivity contribution in [2.24, 2.45) is 11.5 Å². The molecule has 0 bridgehead atoms. The van der Waals surface area contributed by atoms with Crippen LogP contribution in [0.3, 0.4) is 0 Å². The topological polar surface area (TPSA) is 78.3 Å². The maximum absolute atomic E-state index is 10.8. The Bertz CT molecular complexity index is 358. The van der Waals surface area contributed by atoms with E-state index in [2.05, 4.69) is 0 Å². The van der Waals surface area contributed by atoms with Crippen LogP contribution >= 0.6 is 12.4 Å². The van der Waals surface area contributed by atoms with Crippen molar-refractivity contribution >= 4 is 18.4 Å². The Morgan fingerprint density at radius 2 is 2.18 bits per heavy atom. The number of nitrogens with two attached hydrogens (primary N) is 2. The van der Waals surface area contributed by atoms with Crippen LogP contribution in [-0.2, 0) is 4.79 Å². The maximum Gasteiger partial charge on any atom is 0.308 e. The van der Waals surface area contributed by atoms with Crippen LogP contribution in [0.25, 0.3) is 0 Å². The van der Waals surface area contributed by atoms with Gasteiger partial charge in [0.15, 0.2) is 0 Å². The van der Waals surface area contributed by atoms with E-state index in [-0.39, 0.29) is 24.4 Å². The Balaban J connectivity index is 0.00000256. The summed E-state index contributed by atoms with van der Waals surface area (Å²) in [6.45, 7) is 2.01. The molecular weight excluding hydrogens is 240 g/mol. The molecule has 0 fully saturated rings. The normalized spacial score (nSPS) is 11.5. The van der Waals surface area contributed by atoms with Crippen molar-refractivity contribution in [1.29, 1.82) is 0 Å². The molecule has 0 unspecified atom stereocenters. The first-order chi connectivity index (χ1) is 7.63. The van der Waals surface area contributed by atoms with Gasteiger partial charge in [-0.3, -0.25) is 4.79 Å². The number of carbonyl (C=O) groups excluding carboxylic acids is 1. The van der Waals surface area contributed by atoms with Gasteiger partial charge in [-0.1, -0.05) is 12.1 Å². The van der Waals surface area contributed by atoms with Gasteiger partial charge in [-0.05, 0) is 37.1 Å². The zero-order chi connectivity index (χ0) is 12.0. The molecule has 0 saturated carbocycles. The quantitative estimate of drug-likeness (QED) is 0.623. The Kier molecular flexibility index (Phi) is 7.54. The zero-order valence-electron chi connectivity index (χ0n) is 9.89. The fourth-order valence-corrected chi connectivity index (χ4v) is 1.48. The minimum Gasteiger partial charge on any atom is -0.427 e.